The summed E-state index contributed by atoms with van der Waals surface area (Å²) in [6, 6.07) is 33.6. The number of hydrogen-bond donors (Lipinski definition) is 1. The minimum absolute atomic E-state index is 0.297. The third-order valence-electron chi connectivity index (χ3n) is 7.48. The van der Waals surface area contributed by atoms with Crippen molar-refractivity contribution in [2.75, 3.05) is 5.32 Å². The second-order valence-electron chi connectivity index (χ2n) is 12.0. The molecule has 42 heavy (non-hydrogen) atoms. The summed E-state index contributed by atoms with van der Waals surface area (Å²) >= 11 is 0. The number of oxime groups is 1. The molecule has 1 N–H and O–H groups in total. The van der Waals surface area contributed by atoms with Gasteiger partial charge in [-0.05, 0) is 45.9 Å². The topological polar surface area (TPSA) is 46.0 Å². The van der Waals surface area contributed by atoms with Gasteiger partial charge in [0.25, 0.3) is 0 Å². The zero-order valence-electron chi connectivity index (χ0n) is 26.3. The molecule has 0 spiro atoms. The molecular weight excluding hydrogens is 514 g/mol. The van der Waals surface area contributed by atoms with E-state index in [0.29, 0.717) is 29.7 Å². The van der Waals surface area contributed by atoms with Crippen molar-refractivity contribution in [2.24, 2.45) is 10.1 Å². The lowest BCUT2D eigenvalue weighted by Gasteiger charge is -2.22. The van der Waals surface area contributed by atoms with Crippen LogP contribution in [0.25, 0.3) is 0 Å². The fourth-order valence-corrected chi connectivity index (χ4v) is 5.17. The van der Waals surface area contributed by atoms with E-state index < -0.39 is 0 Å². The van der Waals surface area contributed by atoms with Gasteiger partial charge >= 0.3 is 6.02 Å². The van der Waals surface area contributed by atoms with Gasteiger partial charge in [0.05, 0.1) is 5.69 Å². The summed E-state index contributed by atoms with van der Waals surface area (Å²) in [6.45, 7) is 17.7. The molecule has 0 amide bonds. The lowest BCUT2D eigenvalue weighted by molar-refractivity contribution is 0.327. The quantitative estimate of drug-likeness (QED) is 0.126. The molecule has 4 heteroatoms. The Morgan fingerprint density at radius 2 is 0.929 bits per heavy atom. The van der Waals surface area contributed by atoms with Crippen LogP contribution in [0.15, 0.2) is 107 Å². The van der Waals surface area contributed by atoms with E-state index in [-0.39, 0.29) is 0 Å². The second kappa shape index (κ2) is 14.1. The number of benzene rings is 4. The Labute approximate surface area is 252 Å². The number of aliphatic imine (C=N–C) groups is 1. The summed E-state index contributed by atoms with van der Waals surface area (Å²) in [5, 5.41) is 8.42. The molecule has 0 radical (unpaired) electrons. The maximum Gasteiger partial charge on any atom is 0.324 e. The number of hydrogen-bond acceptors (Lipinski definition) is 3. The summed E-state index contributed by atoms with van der Waals surface area (Å²) < 4.78 is 0. The monoisotopic (exact) mass is 559 g/mol. The number of nitrogens with zero attached hydrogens (tertiary/aromatic N) is 2. The lowest BCUT2D eigenvalue weighted by atomic mass is 9.92. The SMILES string of the molecule is CC(C)c1cccc(C(C)C)c1N=C(Nc1c(C(C)C)cccc1C(C)C)ON=C(c1ccccc1)c1ccccc1. The molecule has 0 aliphatic heterocycles. The van der Waals surface area contributed by atoms with Gasteiger partial charge in [-0.15, -0.1) is 0 Å². The highest BCUT2D eigenvalue weighted by Crippen LogP contribution is 2.36. The highest BCUT2D eigenvalue weighted by atomic mass is 16.6. The molecule has 0 bridgehead atoms. The predicted octanol–water partition coefficient (Wildman–Crippen LogP) is 10.7. The Hall–Kier alpha value is -4.18. The van der Waals surface area contributed by atoms with Crippen molar-refractivity contribution >= 4 is 23.1 Å². The molecule has 4 rings (SSSR count). The molecule has 218 valence electrons. The van der Waals surface area contributed by atoms with Crippen molar-refractivity contribution in [3.05, 3.63) is 130 Å². The number of para-hydroxylation sites is 2. The van der Waals surface area contributed by atoms with Gasteiger partial charge in [0, 0.05) is 16.8 Å². The van der Waals surface area contributed by atoms with Crippen molar-refractivity contribution in [1.29, 1.82) is 0 Å². The summed E-state index contributed by atoms with van der Waals surface area (Å²) in [4.78, 5) is 11.6. The van der Waals surface area contributed by atoms with E-state index in [2.05, 4.69) is 121 Å². The van der Waals surface area contributed by atoms with E-state index in [1.54, 1.807) is 0 Å². The standard InChI is InChI=1S/C38H45N3O/c1-25(2)31-21-15-22-32(26(3)4)36(31)39-38(40-37-33(27(5)6)23-16-24-34(37)28(7)8)42-41-35(29-17-11-9-12-18-29)30-19-13-10-14-20-30/h9-28H,1-8H3,(H,39,40). The maximum absolute atomic E-state index is 6.39. The van der Waals surface area contributed by atoms with Crippen LogP contribution in [-0.4, -0.2) is 11.7 Å². The van der Waals surface area contributed by atoms with E-state index in [0.717, 1.165) is 28.2 Å². The van der Waals surface area contributed by atoms with Crippen molar-refractivity contribution < 1.29 is 4.84 Å². The minimum Gasteiger partial charge on any atom is -0.316 e. The fourth-order valence-electron chi connectivity index (χ4n) is 5.17. The summed E-state index contributed by atoms with van der Waals surface area (Å²) in [6.07, 6.45) is 0. The summed E-state index contributed by atoms with van der Waals surface area (Å²) in [7, 11) is 0. The van der Waals surface area contributed by atoms with E-state index >= 15 is 0 Å². The molecule has 0 unspecified atom stereocenters. The molecule has 0 atom stereocenters. The van der Waals surface area contributed by atoms with Crippen LogP contribution >= 0.6 is 0 Å². The highest BCUT2D eigenvalue weighted by Gasteiger charge is 2.20. The zero-order chi connectivity index (χ0) is 30.2. The smallest absolute Gasteiger partial charge is 0.316 e. The average molecular weight is 560 g/mol. The van der Waals surface area contributed by atoms with Crippen LogP contribution in [0.1, 0.15) is 112 Å². The van der Waals surface area contributed by atoms with E-state index in [9.17, 15) is 0 Å². The lowest BCUT2D eigenvalue weighted by Crippen LogP contribution is -2.19. The molecule has 0 heterocycles. The first kappa shape index (κ1) is 30.8. The highest BCUT2D eigenvalue weighted by molar-refractivity contribution is 6.13. The first-order chi connectivity index (χ1) is 20.2. The molecular formula is C38H45N3O. The number of anilines is 1. The van der Waals surface area contributed by atoms with Crippen LogP contribution in [0.5, 0.6) is 0 Å². The second-order valence-corrected chi connectivity index (χ2v) is 12.0. The van der Waals surface area contributed by atoms with Crippen molar-refractivity contribution in [3.8, 4) is 0 Å². The molecule has 0 saturated heterocycles. The van der Waals surface area contributed by atoms with E-state index in [1.165, 1.54) is 22.3 Å². The zero-order valence-corrected chi connectivity index (χ0v) is 26.3. The van der Waals surface area contributed by atoms with Crippen LogP contribution in [-0.2, 0) is 4.84 Å². The first-order valence-corrected chi connectivity index (χ1v) is 15.1. The molecule has 0 aromatic heterocycles. The van der Waals surface area contributed by atoms with Crippen LogP contribution in [0.2, 0.25) is 0 Å². The molecule has 0 aliphatic rings. The Kier molecular flexibility index (Phi) is 10.4. The van der Waals surface area contributed by atoms with Crippen molar-refractivity contribution in [3.63, 3.8) is 0 Å². The van der Waals surface area contributed by atoms with Gasteiger partial charge in [0.15, 0.2) is 0 Å². The summed E-state index contributed by atoms with van der Waals surface area (Å²) in [5.41, 5.74) is 9.45. The maximum atomic E-state index is 6.39. The fraction of sp³-hybridized carbons (Fsp3) is 0.316. The van der Waals surface area contributed by atoms with Gasteiger partial charge in [-0.2, -0.15) is 4.99 Å². The third-order valence-corrected chi connectivity index (χ3v) is 7.48. The van der Waals surface area contributed by atoms with Gasteiger partial charge in [-0.3, -0.25) is 0 Å². The van der Waals surface area contributed by atoms with Crippen molar-refractivity contribution in [2.45, 2.75) is 79.1 Å². The Balaban J connectivity index is 1.93. The molecule has 0 fully saturated rings. The number of nitrogens with one attached hydrogen (secondary N) is 1. The molecule has 0 saturated carbocycles. The Morgan fingerprint density at radius 3 is 1.33 bits per heavy atom. The van der Waals surface area contributed by atoms with Crippen LogP contribution in [0.3, 0.4) is 0 Å². The van der Waals surface area contributed by atoms with Crippen LogP contribution in [0.4, 0.5) is 11.4 Å². The molecule has 4 aromatic carbocycles. The van der Waals surface area contributed by atoms with Gasteiger partial charge in [-0.1, -0.05) is 158 Å². The molecule has 4 aromatic rings. The summed E-state index contributed by atoms with van der Waals surface area (Å²) in [5.74, 6) is 1.22. The van der Waals surface area contributed by atoms with E-state index in [1.807, 2.05) is 36.4 Å². The normalized spacial score (nSPS) is 11.9. The molecule has 0 aliphatic carbocycles. The van der Waals surface area contributed by atoms with Crippen LogP contribution in [0, 0.1) is 0 Å². The van der Waals surface area contributed by atoms with Crippen LogP contribution < -0.4 is 5.32 Å². The van der Waals surface area contributed by atoms with Gasteiger partial charge in [0.1, 0.15) is 5.71 Å². The third kappa shape index (κ3) is 7.36. The van der Waals surface area contributed by atoms with Gasteiger partial charge in [0.2, 0.25) is 0 Å². The number of amidine groups is 1. The Bertz CT molecular complexity index is 1420. The number of rotatable bonds is 9. The van der Waals surface area contributed by atoms with Gasteiger partial charge < -0.3 is 10.2 Å². The minimum atomic E-state index is 0.297. The van der Waals surface area contributed by atoms with Crippen molar-refractivity contribution in [1.82, 2.24) is 0 Å². The Morgan fingerprint density at radius 1 is 0.524 bits per heavy atom. The largest absolute Gasteiger partial charge is 0.324 e. The van der Waals surface area contributed by atoms with Gasteiger partial charge in [-0.25, -0.2) is 0 Å². The first-order valence-electron chi connectivity index (χ1n) is 15.1. The molecule has 4 nitrogen and oxygen atoms in total. The predicted molar refractivity (Wildman–Crippen MR) is 180 cm³/mol. The van der Waals surface area contributed by atoms with E-state index in [4.69, 9.17) is 15.0 Å². The average Bonchev–Trinajstić information content (AvgIpc) is 2.98.